The molecule has 1 aromatic rings. The Hall–Kier alpha value is -1.55. The zero-order valence-electron chi connectivity index (χ0n) is 11.8. The van der Waals surface area contributed by atoms with E-state index >= 15 is 0 Å². The fourth-order valence-corrected chi connectivity index (χ4v) is 2.15. The Balaban J connectivity index is 2.00. The van der Waals surface area contributed by atoms with E-state index in [1.165, 1.54) is 18.4 Å². The molecule has 1 fully saturated rings. The van der Waals surface area contributed by atoms with Gasteiger partial charge in [0.1, 0.15) is 5.75 Å². The van der Waals surface area contributed by atoms with Crippen LogP contribution in [0.2, 0.25) is 0 Å². The minimum atomic E-state index is 0.110. The predicted molar refractivity (Wildman–Crippen MR) is 75.2 cm³/mol. The van der Waals surface area contributed by atoms with E-state index in [2.05, 4.69) is 17.4 Å². The second-order valence-corrected chi connectivity index (χ2v) is 5.26. The summed E-state index contributed by atoms with van der Waals surface area (Å²) in [5.41, 5.74) is 1.23. The summed E-state index contributed by atoms with van der Waals surface area (Å²) in [5, 5.41) is 3.38. The topological polar surface area (TPSA) is 41.6 Å². The van der Waals surface area contributed by atoms with Gasteiger partial charge in [0.15, 0.2) is 0 Å². The minimum absolute atomic E-state index is 0.110. The lowest BCUT2D eigenvalue weighted by Gasteiger charge is -2.20. The number of rotatable bonds is 6. The molecule has 0 aliphatic heterocycles. The van der Waals surface area contributed by atoms with Gasteiger partial charge in [-0.15, -0.1) is 0 Å². The summed E-state index contributed by atoms with van der Waals surface area (Å²) in [4.78, 5) is 13.3. The third-order valence-corrected chi connectivity index (χ3v) is 3.54. The van der Waals surface area contributed by atoms with Crippen LogP contribution < -0.4 is 10.1 Å². The summed E-state index contributed by atoms with van der Waals surface area (Å²) in [7, 11) is 5.23. The van der Waals surface area contributed by atoms with Crippen molar-refractivity contribution in [3.8, 4) is 5.75 Å². The van der Waals surface area contributed by atoms with Crippen LogP contribution in [0.5, 0.6) is 5.75 Å². The van der Waals surface area contributed by atoms with Crippen LogP contribution in [0, 0.1) is 5.92 Å². The lowest BCUT2D eigenvalue weighted by Crippen LogP contribution is -2.35. The average molecular weight is 262 g/mol. The third-order valence-electron chi connectivity index (χ3n) is 3.54. The van der Waals surface area contributed by atoms with Gasteiger partial charge in [-0.25, -0.2) is 0 Å². The highest BCUT2D eigenvalue weighted by molar-refractivity contribution is 5.77. The lowest BCUT2D eigenvalue weighted by molar-refractivity contribution is -0.127. The van der Waals surface area contributed by atoms with Crippen molar-refractivity contribution in [2.45, 2.75) is 18.9 Å². The molecule has 1 N–H and O–H groups in total. The summed E-state index contributed by atoms with van der Waals surface area (Å²) in [5.74, 6) is 1.63. The van der Waals surface area contributed by atoms with Crippen molar-refractivity contribution >= 4 is 5.91 Å². The van der Waals surface area contributed by atoms with Crippen LogP contribution in [0.15, 0.2) is 24.3 Å². The summed E-state index contributed by atoms with van der Waals surface area (Å²) >= 11 is 0. The Bertz CT molecular complexity index is 424. The second kappa shape index (κ2) is 6.06. The molecule has 1 aliphatic rings. The first kappa shape index (κ1) is 13.9. The summed E-state index contributed by atoms with van der Waals surface area (Å²) in [6.07, 6.45) is 2.47. The number of carbonyl (C=O) groups excluding carboxylic acids is 1. The van der Waals surface area contributed by atoms with Crippen molar-refractivity contribution in [2.24, 2.45) is 5.92 Å². The molecule has 1 aliphatic carbocycles. The van der Waals surface area contributed by atoms with Gasteiger partial charge in [0, 0.05) is 20.1 Å². The maximum atomic E-state index is 11.7. The van der Waals surface area contributed by atoms with E-state index in [0.717, 1.165) is 5.75 Å². The maximum absolute atomic E-state index is 11.7. The monoisotopic (exact) mass is 262 g/mol. The van der Waals surface area contributed by atoms with Gasteiger partial charge in [-0.1, -0.05) is 12.1 Å². The minimum Gasteiger partial charge on any atom is -0.497 e. The van der Waals surface area contributed by atoms with Crippen LogP contribution in [0.1, 0.15) is 24.4 Å². The van der Waals surface area contributed by atoms with Gasteiger partial charge < -0.3 is 15.0 Å². The fourth-order valence-electron chi connectivity index (χ4n) is 2.15. The highest BCUT2D eigenvalue weighted by Crippen LogP contribution is 2.41. The van der Waals surface area contributed by atoms with Crippen LogP contribution in [0.3, 0.4) is 0 Å². The number of amides is 1. The van der Waals surface area contributed by atoms with Crippen LogP contribution in [-0.2, 0) is 4.79 Å². The number of hydrogen-bond donors (Lipinski definition) is 1. The Morgan fingerprint density at radius 2 is 2.00 bits per heavy atom. The molecule has 19 heavy (non-hydrogen) atoms. The zero-order chi connectivity index (χ0) is 13.8. The van der Waals surface area contributed by atoms with Crippen LogP contribution in [0.25, 0.3) is 0 Å². The van der Waals surface area contributed by atoms with Crippen molar-refractivity contribution in [1.29, 1.82) is 0 Å². The molecule has 1 atom stereocenters. The van der Waals surface area contributed by atoms with Gasteiger partial charge in [-0.05, 0) is 36.5 Å². The van der Waals surface area contributed by atoms with Crippen molar-refractivity contribution in [3.63, 3.8) is 0 Å². The van der Waals surface area contributed by atoms with Gasteiger partial charge in [0.25, 0.3) is 0 Å². The van der Waals surface area contributed by atoms with Gasteiger partial charge in [-0.3, -0.25) is 4.79 Å². The van der Waals surface area contributed by atoms with E-state index in [4.69, 9.17) is 4.74 Å². The molecule has 0 radical (unpaired) electrons. The Kier molecular flexibility index (Phi) is 4.43. The van der Waals surface area contributed by atoms with Gasteiger partial charge in [-0.2, -0.15) is 0 Å². The first-order valence-electron chi connectivity index (χ1n) is 6.69. The molecule has 4 nitrogen and oxygen atoms in total. The van der Waals surface area contributed by atoms with Crippen LogP contribution >= 0.6 is 0 Å². The van der Waals surface area contributed by atoms with Crippen molar-refractivity contribution < 1.29 is 9.53 Å². The average Bonchev–Trinajstić information content (AvgIpc) is 3.24. The standard InChI is InChI=1S/C15H22N2O2/c1-17(2)14(18)10-16-15(11-4-5-11)12-6-8-13(19-3)9-7-12/h6-9,11,15-16H,4-5,10H2,1-3H3. The van der Waals surface area contributed by atoms with Crippen molar-refractivity contribution in [3.05, 3.63) is 29.8 Å². The molecule has 0 aromatic heterocycles. The van der Waals surface area contributed by atoms with Gasteiger partial charge in [0.05, 0.1) is 13.7 Å². The van der Waals surface area contributed by atoms with Crippen molar-refractivity contribution in [1.82, 2.24) is 10.2 Å². The van der Waals surface area contributed by atoms with E-state index in [1.807, 2.05) is 12.1 Å². The predicted octanol–water partition coefficient (Wildman–Crippen LogP) is 1.82. The SMILES string of the molecule is COc1ccc(C(NCC(=O)N(C)C)C2CC2)cc1. The summed E-state index contributed by atoms with van der Waals surface area (Å²) < 4.78 is 5.17. The second-order valence-electron chi connectivity index (χ2n) is 5.26. The highest BCUT2D eigenvalue weighted by atomic mass is 16.5. The number of carbonyl (C=O) groups is 1. The first-order valence-corrected chi connectivity index (χ1v) is 6.69. The quantitative estimate of drug-likeness (QED) is 0.850. The Labute approximate surface area is 114 Å². The first-order chi connectivity index (χ1) is 9.11. The molecule has 104 valence electrons. The molecule has 1 amide bonds. The molecule has 0 saturated heterocycles. The highest BCUT2D eigenvalue weighted by Gasteiger charge is 2.32. The molecule has 0 bridgehead atoms. The van der Waals surface area contributed by atoms with Gasteiger partial charge >= 0.3 is 0 Å². The lowest BCUT2D eigenvalue weighted by atomic mass is 10.0. The molecule has 1 saturated carbocycles. The molecule has 1 unspecified atom stereocenters. The third kappa shape index (κ3) is 3.70. The number of nitrogens with one attached hydrogen (secondary N) is 1. The van der Waals surface area contributed by atoms with Crippen molar-refractivity contribution in [2.75, 3.05) is 27.7 Å². The molecular weight excluding hydrogens is 240 g/mol. The zero-order valence-corrected chi connectivity index (χ0v) is 11.8. The van der Waals surface area contributed by atoms with Crippen LogP contribution in [-0.4, -0.2) is 38.6 Å². The van der Waals surface area contributed by atoms with E-state index in [9.17, 15) is 4.79 Å². The number of nitrogens with zero attached hydrogens (tertiary/aromatic N) is 1. The van der Waals surface area contributed by atoms with Crippen LogP contribution in [0.4, 0.5) is 0 Å². The Morgan fingerprint density at radius 1 is 1.37 bits per heavy atom. The number of ether oxygens (including phenoxy) is 1. The summed E-state index contributed by atoms with van der Waals surface area (Å²) in [6.45, 7) is 0.389. The number of methoxy groups -OCH3 is 1. The van der Waals surface area contributed by atoms with E-state index in [0.29, 0.717) is 12.5 Å². The van der Waals surface area contributed by atoms with E-state index < -0.39 is 0 Å². The normalized spacial score (nSPS) is 15.9. The number of likely N-dealkylation sites (N-methyl/N-ethyl adjacent to an activating group) is 1. The molecule has 1 aromatic carbocycles. The maximum Gasteiger partial charge on any atom is 0.236 e. The summed E-state index contributed by atoms with van der Waals surface area (Å²) in [6, 6.07) is 8.37. The smallest absolute Gasteiger partial charge is 0.236 e. The molecule has 2 rings (SSSR count). The molecule has 0 spiro atoms. The number of hydrogen-bond acceptors (Lipinski definition) is 3. The van der Waals surface area contributed by atoms with E-state index in [1.54, 1.807) is 26.1 Å². The molecule has 0 heterocycles. The number of benzene rings is 1. The molecule has 4 heteroatoms. The Morgan fingerprint density at radius 3 is 2.47 bits per heavy atom. The largest absolute Gasteiger partial charge is 0.497 e. The fraction of sp³-hybridized carbons (Fsp3) is 0.533. The molecular formula is C15H22N2O2. The van der Waals surface area contributed by atoms with E-state index in [-0.39, 0.29) is 11.9 Å². The van der Waals surface area contributed by atoms with Gasteiger partial charge in [0.2, 0.25) is 5.91 Å².